The molecule has 1 fully saturated rings. The van der Waals surface area contributed by atoms with E-state index in [-0.39, 0.29) is 18.5 Å². The Morgan fingerprint density at radius 1 is 1.41 bits per heavy atom. The molecule has 0 spiro atoms. The average Bonchev–Trinajstić information content (AvgIpc) is 2.52. The van der Waals surface area contributed by atoms with Crippen LogP contribution in [-0.4, -0.2) is 41.1 Å². The number of amides is 1. The van der Waals surface area contributed by atoms with Gasteiger partial charge in [-0.25, -0.2) is 0 Å². The molecule has 2 atom stereocenters. The van der Waals surface area contributed by atoms with Gasteiger partial charge in [0.05, 0.1) is 12.1 Å². The van der Waals surface area contributed by atoms with Crippen molar-refractivity contribution in [3.63, 3.8) is 0 Å². The normalized spacial score (nSPS) is 20.9. The number of hydrogen-bond donors (Lipinski definition) is 2. The fraction of sp³-hybridized carbons (Fsp3) is 0.588. The summed E-state index contributed by atoms with van der Waals surface area (Å²) < 4.78 is 0. The summed E-state index contributed by atoms with van der Waals surface area (Å²) in [7, 11) is 0. The van der Waals surface area contributed by atoms with E-state index >= 15 is 0 Å². The second kappa shape index (κ2) is 7.95. The number of hydrogen-bond acceptors (Lipinski definition) is 3. The number of aliphatic hydroxyl groups is 1. The number of rotatable bonds is 5. The van der Waals surface area contributed by atoms with Crippen LogP contribution in [-0.2, 0) is 4.79 Å². The Labute approximate surface area is 137 Å². The highest BCUT2D eigenvalue weighted by molar-refractivity contribution is 6.31. The van der Waals surface area contributed by atoms with E-state index in [1.54, 1.807) is 12.1 Å². The van der Waals surface area contributed by atoms with Crippen molar-refractivity contribution in [2.45, 2.75) is 51.3 Å². The van der Waals surface area contributed by atoms with Crippen LogP contribution in [0.4, 0.5) is 0 Å². The number of benzene rings is 1. The van der Waals surface area contributed by atoms with Crippen molar-refractivity contribution in [2.75, 3.05) is 13.1 Å². The van der Waals surface area contributed by atoms with Crippen LogP contribution in [0, 0.1) is 0 Å². The highest BCUT2D eigenvalue weighted by atomic mass is 35.5. The lowest BCUT2D eigenvalue weighted by Crippen LogP contribution is -2.52. The van der Waals surface area contributed by atoms with Crippen molar-refractivity contribution in [1.82, 2.24) is 10.2 Å². The van der Waals surface area contributed by atoms with Gasteiger partial charge < -0.3 is 10.4 Å². The van der Waals surface area contributed by atoms with E-state index in [1.807, 2.05) is 12.1 Å². The molecule has 22 heavy (non-hydrogen) atoms. The van der Waals surface area contributed by atoms with Gasteiger partial charge in [-0.15, -0.1) is 0 Å². The summed E-state index contributed by atoms with van der Waals surface area (Å²) in [6.07, 6.45) is 2.32. The summed E-state index contributed by atoms with van der Waals surface area (Å²) in [5, 5.41) is 13.6. The Kier molecular flexibility index (Phi) is 6.24. The maximum atomic E-state index is 12.4. The van der Waals surface area contributed by atoms with E-state index in [2.05, 4.69) is 24.1 Å². The zero-order valence-electron chi connectivity index (χ0n) is 13.3. The van der Waals surface area contributed by atoms with Gasteiger partial charge in [-0.2, -0.15) is 0 Å². The number of nitrogens with zero attached hydrogens (tertiary/aromatic N) is 1. The quantitative estimate of drug-likeness (QED) is 0.875. The minimum Gasteiger partial charge on any atom is -0.387 e. The summed E-state index contributed by atoms with van der Waals surface area (Å²) in [5.41, 5.74) is 0.647. The molecule has 5 heteroatoms. The van der Waals surface area contributed by atoms with Gasteiger partial charge >= 0.3 is 0 Å². The first-order chi connectivity index (χ1) is 10.5. The molecule has 2 unspecified atom stereocenters. The highest BCUT2D eigenvalue weighted by Gasteiger charge is 2.30. The molecule has 1 aromatic carbocycles. The molecular formula is C17H25ClN2O2. The van der Waals surface area contributed by atoms with Crippen molar-refractivity contribution in [3.8, 4) is 0 Å². The first kappa shape index (κ1) is 17.3. The average molecular weight is 325 g/mol. The maximum Gasteiger partial charge on any atom is 0.237 e. The molecule has 0 aromatic heterocycles. The molecule has 0 bridgehead atoms. The van der Waals surface area contributed by atoms with Gasteiger partial charge in [0.15, 0.2) is 0 Å². The summed E-state index contributed by atoms with van der Waals surface area (Å²) in [4.78, 5) is 14.7. The summed E-state index contributed by atoms with van der Waals surface area (Å²) in [5.74, 6) is -0.000460. The molecule has 2 N–H and O–H groups in total. The van der Waals surface area contributed by atoms with E-state index < -0.39 is 6.10 Å². The molecule has 1 amide bonds. The van der Waals surface area contributed by atoms with Crippen molar-refractivity contribution < 1.29 is 9.90 Å². The fourth-order valence-electron chi connectivity index (χ4n) is 3.02. The van der Waals surface area contributed by atoms with Crippen LogP contribution in [0.1, 0.15) is 44.8 Å². The first-order valence-electron chi connectivity index (χ1n) is 7.96. The lowest BCUT2D eigenvalue weighted by atomic mass is 9.99. The largest absolute Gasteiger partial charge is 0.387 e. The Morgan fingerprint density at radius 3 is 2.82 bits per heavy atom. The monoisotopic (exact) mass is 324 g/mol. The van der Waals surface area contributed by atoms with Gasteiger partial charge in [0.2, 0.25) is 5.91 Å². The lowest BCUT2D eigenvalue weighted by Gasteiger charge is -2.37. The summed E-state index contributed by atoms with van der Waals surface area (Å²) in [6.45, 7) is 5.38. The smallest absolute Gasteiger partial charge is 0.237 e. The van der Waals surface area contributed by atoms with E-state index in [0.717, 1.165) is 25.8 Å². The van der Waals surface area contributed by atoms with Crippen LogP contribution in [0.15, 0.2) is 24.3 Å². The Bertz CT molecular complexity index is 507. The summed E-state index contributed by atoms with van der Waals surface area (Å²) >= 11 is 6.07. The second-order valence-corrected chi connectivity index (χ2v) is 6.53. The van der Waals surface area contributed by atoms with Crippen LogP contribution in [0.5, 0.6) is 0 Å². The number of likely N-dealkylation sites (tertiary alicyclic amines) is 1. The third kappa shape index (κ3) is 4.22. The minimum absolute atomic E-state index is 0.000460. The number of halogens is 1. The van der Waals surface area contributed by atoms with Crippen LogP contribution < -0.4 is 5.32 Å². The molecular weight excluding hydrogens is 300 g/mol. The zero-order valence-corrected chi connectivity index (χ0v) is 14.0. The SMILES string of the molecule is CC(C)N1CCCCC1C(=O)NCC(O)c1ccccc1Cl. The van der Waals surface area contributed by atoms with E-state index in [9.17, 15) is 9.90 Å². The maximum absolute atomic E-state index is 12.4. The highest BCUT2D eigenvalue weighted by Crippen LogP contribution is 2.23. The Balaban J connectivity index is 1.93. The first-order valence-corrected chi connectivity index (χ1v) is 8.34. The fourth-order valence-corrected chi connectivity index (χ4v) is 3.29. The van der Waals surface area contributed by atoms with Crippen LogP contribution in [0.3, 0.4) is 0 Å². The molecule has 1 aliphatic heterocycles. The van der Waals surface area contributed by atoms with Crippen LogP contribution in [0.25, 0.3) is 0 Å². The minimum atomic E-state index is -0.784. The predicted octanol–water partition coefficient (Wildman–Crippen LogP) is 2.75. The predicted molar refractivity (Wildman–Crippen MR) is 88.9 cm³/mol. The molecule has 0 aliphatic carbocycles. The van der Waals surface area contributed by atoms with Crippen molar-refractivity contribution in [3.05, 3.63) is 34.9 Å². The number of carbonyl (C=O) groups is 1. The molecule has 1 heterocycles. The van der Waals surface area contributed by atoms with Gasteiger partial charge in [0.25, 0.3) is 0 Å². The van der Waals surface area contributed by atoms with Gasteiger partial charge in [-0.1, -0.05) is 36.2 Å². The van der Waals surface area contributed by atoms with Crippen molar-refractivity contribution in [1.29, 1.82) is 0 Å². The van der Waals surface area contributed by atoms with E-state index in [1.165, 1.54) is 0 Å². The van der Waals surface area contributed by atoms with Crippen molar-refractivity contribution >= 4 is 17.5 Å². The molecule has 122 valence electrons. The lowest BCUT2D eigenvalue weighted by molar-refractivity contribution is -0.129. The Hall–Kier alpha value is -1.10. The van der Waals surface area contributed by atoms with Gasteiger partial charge in [-0.3, -0.25) is 9.69 Å². The number of nitrogens with one attached hydrogen (secondary N) is 1. The van der Waals surface area contributed by atoms with Crippen LogP contribution >= 0.6 is 11.6 Å². The molecule has 2 rings (SSSR count). The Morgan fingerprint density at radius 2 is 2.14 bits per heavy atom. The molecule has 1 saturated heterocycles. The topological polar surface area (TPSA) is 52.6 Å². The summed E-state index contributed by atoms with van der Waals surface area (Å²) in [6, 6.07) is 7.42. The number of carbonyl (C=O) groups excluding carboxylic acids is 1. The third-order valence-electron chi connectivity index (χ3n) is 4.24. The van der Waals surface area contributed by atoms with Gasteiger partial charge in [0.1, 0.15) is 0 Å². The molecule has 0 radical (unpaired) electrons. The van der Waals surface area contributed by atoms with Gasteiger partial charge in [0, 0.05) is 23.2 Å². The third-order valence-corrected chi connectivity index (χ3v) is 4.59. The standard InChI is InChI=1S/C17H25ClN2O2/c1-12(2)20-10-6-5-9-15(20)17(22)19-11-16(21)13-7-3-4-8-14(13)18/h3-4,7-8,12,15-16,21H,5-6,9-11H2,1-2H3,(H,19,22). The number of aliphatic hydroxyl groups excluding tert-OH is 1. The van der Waals surface area contributed by atoms with Crippen LogP contribution in [0.2, 0.25) is 5.02 Å². The number of piperidine rings is 1. The molecule has 1 aliphatic rings. The molecule has 0 saturated carbocycles. The molecule has 4 nitrogen and oxygen atoms in total. The second-order valence-electron chi connectivity index (χ2n) is 6.13. The molecule has 1 aromatic rings. The van der Waals surface area contributed by atoms with Crippen molar-refractivity contribution in [2.24, 2.45) is 0 Å². The van der Waals surface area contributed by atoms with E-state index in [0.29, 0.717) is 16.6 Å². The van der Waals surface area contributed by atoms with Gasteiger partial charge in [-0.05, 0) is 39.3 Å². The zero-order chi connectivity index (χ0) is 16.1. The van der Waals surface area contributed by atoms with E-state index in [4.69, 9.17) is 11.6 Å².